The lowest BCUT2D eigenvalue weighted by atomic mass is 10.1. The van der Waals surface area contributed by atoms with E-state index in [0.717, 1.165) is 11.3 Å². The zero-order valence-corrected chi connectivity index (χ0v) is 17.0. The predicted molar refractivity (Wildman–Crippen MR) is 117 cm³/mol. The Bertz CT molecular complexity index is 1370. The summed E-state index contributed by atoms with van der Waals surface area (Å²) in [5, 5.41) is 9.59. The Balaban J connectivity index is 1.70. The maximum absolute atomic E-state index is 11.8. The van der Waals surface area contributed by atoms with Crippen LogP contribution < -0.4 is 5.73 Å². The average Bonchev–Trinajstić information content (AvgIpc) is 2.73. The van der Waals surface area contributed by atoms with Crippen molar-refractivity contribution in [1.82, 2.24) is 4.98 Å². The fourth-order valence-corrected chi connectivity index (χ4v) is 3.84. The molecule has 1 aromatic heterocycles. The van der Waals surface area contributed by atoms with Crippen molar-refractivity contribution in [2.45, 2.75) is 4.90 Å². The first-order chi connectivity index (χ1) is 14.3. The van der Waals surface area contributed by atoms with E-state index in [1.807, 2.05) is 12.1 Å². The van der Waals surface area contributed by atoms with E-state index < -0.39 is 10.1 Å². The smallest absolute Gasteiger partial charge is 0.295 e. The lowest BCUT2D eigenvalue weighted by Gasteiger charge is -2.09. The van der Waals surface area contributed by atoms with Crippen LogP contribution in [0.15, 0.2) is 88.1 Å². The van der Waals surface area contributed by atoms with Crippen LogP contribution in [0.2, 0.25) is 5.02 Å². The number of azo groups is 1. The van der Waals surface area contributed by atoms with Gasteiger partial charge in [-0.1, -0.05) is 48.0 Å². The third-order valence-electron chi connectivity index (χ3n) is 4.47. The number of nitrogens with zero attached hydrogens (tertiary/aromatic N) is 3. The van der Waals surface area contributed by atoms with E-state index in [9.17, 15) is 13.0 Å². The number of benzene rings is 3. The van der Waals surface area contributed by atoms with E-state index in [0.29, 0.717) is 21.5 Å². The van der Waals surface area contributed by atoms with Crippen molar-refractivity contribution in [2.24, 2.45) is 10.2 Å². The summed E-state index contributed by atoms with van der Waals surface area (Å²) in [6.07, 6.45) is 1.54. The number of pyridine rings is 1. The first-order valence-electron chi connectivity index (χ1n) is 8.75. The molecule has 0 fully saturated rings. The molecule has 30 heavy (non-hydrogen) atoms. The monoisotopic (exact) mass is 438 g/mol. The molecule has 150 valence electrons. The van der Waals surface area contributed by atoms with Gasteiger partial charge in [-0.3, -0.25) is 9.54 Å². The summed E-state index contributed by atoms with van der Waals surface area (Å²) in [4.78, 5) is 4.08. The molecule has 3 N–H and O–H groups in total. The highest BCUT2D eigenvalue weighted by atomic mass is 35.5. The van der Waals surface area contributed by atoms with Crippen molar-refractivity contribution >= 4 is 49.6 Å². The Morgan fingerprint density at radius 1 is 0.933 bits per heavy atom. The van der Waals surface area contributed by atoms with Crippen molar-refractivity contribution in [3.05, 3.63) is 77.9 Å². The number of hydrogen-bond acceptors (Lipinski definition) is 6. The number of nitrogen functional groups attached to an aromatic ring is 1. The molecule has 0 aliphatic heterocycles. The van der Waals surface area contributed by atoms with E-state index in [2.05, 4.69) is 15.2 Å². The zero-order chi connectivity index (χ0) is 21.3. The molecular formula is C21H15ClN4O3S. The van der Waals surface area contributed by atoms with E-state index in [1.165, 1.54) is 12.3 Å². The van der Waals surface area contributed by atoms with Gasteiger partial charge in [0, 0.05) is 21.4 Å². The molecule has 0 amide bonds. The standard InChI is InChI=1S/C21H15ClN4O3S/c22-14-7-5-13(6-8-14)18-10-9-15(12-24-18)25-26-19-11-20(30(27,28)29)16-3-1-2-4-17(16)21(19)23/h1-12H,23H2,(H,27,28,29)/b26-25+. The molecule has 0 aliphatic rings. The van der Waals surface area contributed by atoms with Crippen LogP contribution in [0.4, 0.5) is 17.1 Å². The van der Waals surface area contributed by atoms with Crippen molar-refractivity contribution < 1.29 is 13.0 Å². The van der Waals surface area contributed by atoms with Gasteiger partial charge in [-0.25, -0.2) is 0 Å². The van der Waals surface area contributed by atoms with Crippen LogP contribution in [0, 0.1) is 0 Å². The highest BCUT2D eigenvalue weighted by Gasteiger charge is 2.18. The SMILES string of the molecule is Nc1c(/N=N/c2ccc(-c3ccc(Cl)cc3)nc2)cc(S(=O)(=O)O)c2ccccc12. The summed E-state index contributed by atoms with van der Waals surface area (Å²) in [6, 6.07) is 18.6. The molecule has 3 aromatic carbocycles. The summed E-state index contributed by atoms with van der Waals surface area (Å²) in [7, 11) is -4.47. The van der Waals surface area contributed by atoms with Gasteiger partial charge in [-0.05, 0) is 30.3 Å². The molecule has 0 saturated carbocycles. The summed E-state index contributed by atoms with van der Waals surface area (Å²) in [5.74, 6) is 0. The van der Waals surface area contributed by atoms with Gasteiger partial charge in [-0.2, -0.15) is 8.42 Å². The maximum Gasteiger partial charge on any atom is 0.295 e. The molecule has 0 spiro atoms. The number of rotatable bonds is 4. The van der Waals surface area contributed by atoms with Gasteiger partial charge in [0.2, 0.25) is 0 Å². The maximum atomic E-state index is 11.8. The number of fused-ring (bicyclic) bond motifs is 1. The predicted octanol–water partition coefficient (Wildman–Crippen LogP) is 5.80. The van der Waals surface area contributed by atoms with Crippen LogP contribution in [-0.2, 0) is 10.1 Å². The molecule has 0 aliphatic carbocycles. The molecular weight excluding hydrogens is 424 g/mol. The van der Waals surface area contributed by atoms with E-state index in [-0.39, 0.29) is 16.3 Å². The third-order valence-corrected chi connectivity index (χ3v) is 5.61. The van der Waals surface area contributed by atoms with Crippen molar-refractivity contribution in [2.75, 3.05) is 5.73 Å². The van der Waals surface area contributed by atoms with Crippen LogP contribution >= 0.6 is 11.6 Å². The average molecular weight is 439 g/mol. The van der Waals surface area contributed by atoms with Gasteiger partial charge in [0.1, 0.15) is 16.3 Å². The number of anilines is 1. The second kappa shape index (κ2) is 7.83. The Morgan fingerprint density at radius 2 is 1.63 bits per heavy atom. The molecule has 1 heterocycles. The number of aromatic nitrogens is 1. The fourth-order valence-electron chi connectivity index (χ4n) is 2.99. The quantitative estimate of drug-likeness (QED) is 0.237. The number of nitrogens with two attached hydrogens (primary N) is 1. The molecule has 7 nitrogen and oxygen atoms in total. The van der Waals surface area contributed by atoms with Crippen LogP contribution in [0.3, 0.4) is 0 Å². The summed E-state index contributed by atoms with van der Waals surface area (Å²) >= 11 is 5.90. The first kappa shape index (κ1) is 20.0. The van der Waals surface area contributed by atoms with Crippen LogP contribution in [0.5, 0.6) is 0 Å². The lowest BCUT2D eigenvalue weighted by Crippen LogP contribution is -2.01. The number of halogens is 1. The third kappa shape index (κ3) is 4.02. The number of hydrogen-bond donors (Lipinski definition) is 2. The van der Waals surface area contributed by atoms with Crippen molar-refractivity contribution in [1.29, 1.82) is 0 Å². The van der Waals surface area contributed by atoms with Crippen LogP contribution in [-0.4, -0.2) is 18.0 Å². The van der Waals surface area contributed by atoms with Gasteiger partial charge >= 0.3 is 0 Å². The van der Waals surface area contributed by atoms with Gasteiger partial charge in [0.15, 0.2) is 0 Å². The van der Waals surface area contributed by atoms with Gasteiger partial charge in [-0.15, -0.1) is 10.2 Å². The topological polar surface area (TPSA) is 118 Å². The van der Waals surface area contributed by atoms with E-state index in [1.54, 1.807) is 48.5 Å². The molecule has 0 bridgehead atoms. The minimum absolute atomic E-state index is 0.128. The van der Waals surface area contributed by atoms with E-state index >= 15 is 0 Å². The van der Waals surface area contributed by atoms with Crippen molar-refractivity contribution in [3.63, 3.8) is 0 Å². The zero-order valence-electron chi connectivity index (χ0n) is 15.4. The Labute approximate surface area is 177 Å². The Hall–Kier alpha value is -3.33. The molecule has 0 radical (unpaired) electrons. The van der Waals surface area contributed by atoms with Crippen molar-refractivity contribution in [3.8, 4) is 11.3 Å². The molecule has 0 saturated heterocycles. The minimum atomic E-state index is -4.47. The molecule has 9 heteroatoms. The second-order valence-electron chi connectivity index (χ2n) is 6.44. The normalized spacial score (nSPS) is 11.9. The second-order valence-corrected chi connectivity index (χ2v) is 8.26. The van der Waals surface area contributed by atoms with Crippen LogP contribution in [0.1, 0.15) is 0 Å². The molecule has 0 atom stereocenters. The fraction of sp³-hybridized carbons (Fsp3) is 0. The molecule has 4 rings (SSSR count). The lowest BCUT2D eigenvalue weighted by molar-refractivity contribution is 0.484. The van der Waals surface area contributed by atoms with Gasteiger partial charge < -0.3 is 5.73 Å². The Kier molecular flexibility index (Phi) is 5.21. The largest absolute Gasteiger partial charge is 0.396 e. The van der Waals surface area contributed by atoms with Gasteiger partial charge in [0.05, 0.1) is 17.6 Å². The highest BCUT2D eigenvalue weighted by Crippen LogP contribution is 2.36. The van der Waals surface area contributed by atoms with Gasteiger partial charge in [0.25, 0.3) is 10.1 Å². The Morgan fingerprint density at radius 3 is 2.27 bits per heavy atom. The van der Waals surface area contributed by atoms with E-state index in [4.69, 9.17) is 17.3 Å². The highest BCUT2D eigenvalue weighted by molar-refractivity contribution is 7.86. The summed E-state index contributed by atoms with van der Waals surface area (Å²) in [6.45, 7) is 0. The molecule has 0 unspecified atom stereocenters. The molecule has 4 aromatic rings. The summed E-state index contributed by atoms with van der Waals surface area (Å²) in [5.41, 5.74) is 8.63. The minimum Gasteiger partial charge on any atom is -0.396 e. The summed E-state index contributed by atoms with van der Waals surface area (Å²) < 4.78 is 33.2. The first-order valence-corrected chi connectivity index (χ1v) is 10.6. The van der Waals surface area contributed by atoms with Crippen LogP contribution in [0.25, 0.3) is 22.0 Å².